The Morgan fingerprint density at radius 2 is 2.06 bits per heavy atom. The second-order valence-electron chi connectivity index (χ2n) is 4.37. The molecular weight excluding hydrogens is 294 g/mol. The van der Waals surface area contributed by atoms with Crippen molar-refractivity contribution in [3.05, 3.63) is 34.9 Å². The van der Waals surface area contributed by atoms with Gasteiger partial charge in [-0.1, -0.05) is 18.2 Å². The summed E-state index contributed by atoms with van der Waals surface area (Å²) >= 11 is 3.51. The molecule has 2 aromatic rings. The van der Waals surface area contributed by atoms with Crippen LogP contribution in [0.3, 0.4) is 0 Å². The van der Waals surface area contributed by atoms with Crippen LogP contribution >= 0.6 is 15.9 Å². The number of rotatable bonds is 2. The van der Waals surface area contributed by atoms with Gasteiger partial charge in [-0.2, -0.15) is 0 Å². The number of nitrogens with zero attached hydrogens (tertiary/aromatic N) is 1. The van der Waals surface area contributed by atoms with Gasteiger partial charge in [0.1, 0.15) is 0 Å². The Balaban J connectivity index is 1.94. The van der Waals surface area contributed by atoms with Gasteiger partial charge in [0.15, 0.2) is 0 Å². The van der Waals surface area contributed by atoms with Crippen LogP contribution in [0.15, 0.2) is 34.9 Å². The van der Waals surface area contributed by atoms with Crippen molar-refractivity contribution in [2.75, 3.05) is 6.61 Å². The fourth-order valence-electron chi connectivity index (χ4n) is 2.15. The summed E-state index contributed by atoms with van der Waals surface area (Å²) in [6, 6.07) is 8.07. The Hall–Kier alpha value is -1.13. The van der Waals surface area contributed by atoms with E-state index in [1.54, 1.807) is 6.20 Å². The van der Waals surface area contributed by atoms with Gasteiger partial charge in [-0.3, -0.25) is 0 Å². The standard InChI is InChI=1S/C14H14BrNO2/c15-12-9-16-14(11-6-2-1-5-10(11)12)18-13-7-3-4-8-17-13/h1-2,5-6,9,13H,3-4,7-8H2/t13-/m1/s1. The summed E-state index contributed by atoms with van der Waals surface area (Å²) in [7, 11) is 0. The Morgan fingerprint density at radius 1 is 1.22 bits per heavy atom. The van der Waals surface area contributed by atoms with E-state index in [0.717, 1.165) is 41.1 Å². The van der Waals surface area contributed by atoms with Crippen LogP contribution in [0.4, 0.5) is 0 Å². The van der Waals surface area contributed by atoms with Crippen molar-refractivity contribution in [1.29, 1.82) is 0 Å². The first-order chi connectivity index (χ1) is 8.84. The Morgan fingerprint density at radius 3 is 2.83 bits per heavy atom. The zero-order valence-electron chi connectivity index (χ0n) is 9.93. The molecule has 18 heavy (non-hydrogen) atoms. The first kappa shape index (κ1) is 11.9. The molecule has 1 saturated heterocycles. The lowest BCUT2D eigenvalue weighted by Gasteiger charge is -2.23. The minimum Gasteiger partial charge on any atom is -0.447 e. The minimum atomic E-state index is -0.157. The van der Waals surface area contributed by atoms with Crippen LogP contribution in [0.1, 0.15) is 19.3 Å². The van der Waals surface area contributed by atoms with Gasteiger partial charge in [-0.05, 0) is 34.8 Å². The molecule has 0 aliphatic carbocycles. The molecule has 1 fully saturated rings. The predicted molar refractivity (Wildman–Crippen MR) is 73.7 cm³/mol. The molecule has 0 spiro atoms. The van der Waals surface area contributed by atoms with Gasteiger partial charge in [-0.25, -0.2) is 4.98 Å². The van der Waals surface area contributed by atoms with Crippen molar-refractivity contribution in [3.63, 3.8) is 0 Å². The van der Waals surface area contributed by atoms with Crippen LogP contribution in [0.2, 0.25) is 0 Å². The number of hydrogen-bond donors (Lipinski definition) is 0. The Kier molecular flexibility index (Phi) is 3.48. The highest BCUT2D eigenvalue weighted by Gasteiger charge is 2.17. The largest absolute Gasteiger partial charge is 0.447 e. The maximum absolute atomic E-state index is 5.87. The van der Waals surface area contributed by atoms with Crippen molar-refractivity contribution in [2.45, 2.75) is 25.6 Å². The van der Waals surface area contributed by atoms with E-state index in [0.29, 0.717) is 5.88 Å². The average Bonchev–Trinajstić information content (AvgIpc) is 2.44. The molecule has 1 aliphatic rings. The molecule has 0 saturated carbocycles. The van der Waals surface area contributed by atoms with E-state index in [2.05, 4.69) is 27.0 Å². The van der Waals surface area contributed by atoms with Crippen molar-refractivity contribution >= 4 is 26.7 Å². The highest BCUT2D eigenvalue weighted by atomic mass is 79.9. The summed E-state index contributed by atoms with van der Waals surface area (Å²) in [6.45, 7) is 0.777. The quantitative estimate of drug-likeness (QED) is 0.843. The second kappa shape index (κ2) is 5.24. The summed E-state index contributed by atoms with van der Waals surface area (Å²) < 4.78 is 12.4. The van der Waals surface area contributed by atoms with Crippen LogP contribution in [0, 0.1) is 0 Å². The van der Waals surface area contributed by atoms with E-state index in [4.69, 9.17) is 9.47 Å². The van der Waals surface area contributed by atoms with E-state index in [1.165, 1.54) is 0 Å². The van der Waals surface area contributed by atoms with Crippen molar-refractivity contribution in [3.8, 4) is 5.88 Å². The number of benzene rings is 1. The second-order valence-corrected chi connectivity index (χ2v) is 5.23. The first-order valence-corrected chi connectivity index (χ1v) is 6.95. The SMILES string of the molecule is Brc1cnc(O[C@@H]2CCCCO2)c2ccccc12. The Labute approximate surface area is 114 Å². The summed E-state index contributed by atoms with van der Waals surface area (Å²) in [5.41, 5.74) is 0. The van der Waals surface area contributed by atoms with Gasteiger partial charge in [0.2, 0.25) is 12.2 Å². The maximum atomic E-state index is 5.87. The molecule has 3 nitrogen and oxygen atoms in total. The van der Waals surface area contributed by atoms with Crippen molar-refractivity contribution < 1.29 is 9.47 Å². The number of pyridine rings is 1. The van der Waals surface area contributed by atoms with Gasteiger partial charge in [-0.15, -0.1) is 0 Å². The third-order valence-corrected chi connectivity index (χ3v) is 3.72. The fraction of sp³-hybridized carbons (Fsp3) is 0.357. The van der Waals surface area contributed by atoms with E-state index in [9.17, 15) is 0 Å². The highest BCUT2D eigenvalue weighted by molar-refractivity contribution is 9.10. The summed E-state index contributed by atoms with van der Waals surface area (Å²) in [5, 5.41) is 2.12. The summed E-state index contributed by atoms with van der Waals surface area (Å²) in [4.78, 5) is 4.35. The topological polar surface area (TPSA) is 31.4 Å². The summed E-state index contributed by atoms with van der Waals surface area (Å²) in [6.07, 6.45) is 4.83. The molecule has 0 amide bonds. The molecule has 2 heterocycles. The van der Waals surface area contributed by atoms with E-state index in [-0.39, 0.29) is 6.29 Å². The molecule has 1 atom stereocenters. The van der Waals surface area contributed by atoms with Gasteiger partial charge in [0.05, 0.1) is 6.61 Å². The molecule has 0 unspecified atom stereocenters. The fourth-order valence-corrected chi connectivity index (χ4v) is 2.60. The monoisotopic (exact) mass is 307 g/mol. The molecule has 0 radical (unpaired) electrons. The lowest BCUT2D eigenvalue weighted by molar-refractivity contribution is -0.107. The predicted octanol–water partition coefficient (Wildman–Crippen LogP) is 3.90. The number of hydrogen-bond acceptors (Lipinski definition) is 3. The molecular formula is C14H14BrNO2. The van der Waals surface area contributed by atoms with Gasteiger partial charge in [0, 0.05) is 27.9 Å². The molecule has 3 rings (SSSR count). The van der Waals surface area contributed by atoms with E-state index in [1.807, 2.05) is 18.2 Å². The molecule has 1 aliphatic heterocycles. The number of ether oxygens (including phenoxy) is 2. The lowest BCUT2D eigenvalue weighted by Crippen LogP contribution is -2.25. The minimum absolute atomic E-state index is 0.157. The first-order valence-electron chi connectivity index (χ1n) is 6.16. The van der Waals surface area contributed by atoms with Crippen LogP contribution in [0.5, 0.6) is 5.88 Å². The number of aromatic nitrogens is 1. The highest BCUT2D eigenvalue weighted by Crippen LogP contribution is 2.30. The smallest absolute Gasteiger partial charge is 0.223 e. The molecule has 4 heteroatoms. The maximum Gasteiger partial charge on any atom is 0.223 e. The van der Waals surface area contributed by atoms with Gasteiger partial charge in [0.25, 0.3) is 0 Å². The Bertz CT molecular complexity index is 552. The zero-order chi connectivity index (χ0) is 12.4. The van der Waals surface area contributed by atoms with Crippen LogP contribution < -0.4 is 4.74 Å². The zero-order valence-corrected chi connectivity index (χ0v) is 11.5. The molecule has 1 aromatic heterocycles. The molecule has 0 N–H and O–H groups in total. The third kappa shape index (κ3) is 2.35. The van der Waals surface area contributed by atoms with Crippen LogP contribution in [-0.4, -0.2) is 17.9 Å². The van der Waals surface area contributed by atoms with Crippen LogP contribution in [-0.2, 0) is 4.74 Å². The van der Waals surface area contributed by atoms with E-state index >= 15 is 0 Å². The van der Waals surface area contributed by atoms with E-state index < -0.39 is 0 Å². The number of fused-ring (bicyclic) bond motifs is 1. The lowest BCUT2D eigenvalue weighted by atomic mass is 10.2. The molecule has 94 valence electrons. The van der Waals surface area contributed by atoms with Gasteiger partial charge >= 0.3 is 0 Å². The van der Waals surface area contributed by atoms with Crippen molar-refractivity contribution in [2.24, 2.45) is 0 Å². The van der Waals surface area contributed by atoms with Crippen molar-refractivity contribution in [1.82, 2.24) is 4.98 Å². The van der Waals surface area contributed by atoms with Gasteiger partial charge < -0.3 is 9.47 Å². The average molecular weight is 308 g/mol. The van der Waals surface area contributed by atoms with Crippen LogP contribution in [0.25, 0.3) is 10.8 Å². The third-order valence-electron chi connectivity index (χ3n) is 3.09. The molecule has 0 bridgehead atoms. The normalized spacial score (nSPS) is 19.9. The summed E-state index contributed by atoms with van der Waals surface area (Å²) in [5.74, 6) is 0.653. The molecule has 1 aromatic carbocycles. The number of halogens is 1.